The van der Waals surface area contributed by atoms with Gasteiger partial charge in [-0.15, -0.1) is 0 Å². The van der Waals surface area contributed by atoms with Crippen LogP contribution in [0.4, 0.5) is 16.2 Å². The summed E-state index contributed by atoms with van der Waals surface area (Å²) in [5.74, 6) is -0.131. The van der Waals surface area contributed by atoms with Crippen LogP contribution < -0.4 is 10.6 Å². The van der Waals surface area contributed by atoms with E-state index in [-0.39, 0.29) is 11.9 Å². The van der Waals surface area contributed by atoms with Crippen LogP contribution in [-0.4, -0.2) is 29.9 Å². The Bertz CT molecular complexity index is 474. The monoisotopic (exact) mass is 291 g/mol. The van der Waals surface area contributed by atoms with E-state index in [2.05, 4.69) is 24.5 Å². The van der Waals surface area contributed by atoms with Gasteiger partial charge in [-0.25, -0.2) is 4.79 Å². The highest BCUT2D eigenvalue weighted by Crippen LogP contribution is 2.15. The molecule has 0 aromatic heterocycles. The summed E-state index contributed by atoms with van der Waals surface area (Å²) in [6, 6.07) is 7.07. The molecule has 116 valence electrons. The number of rotatable bonds is 7. The predicted octanol–water partition coefficient (Wildman–Crippen LogP) is 3.69. The van der Waals surface area contributed by atoms with Crippen LogP contribution in [-0.2, 0) is 4.79 Å². The molecule has 0 heterocycles. The van der Waals surface area contributed by atoms with Crippen LogP contribution in [0.3, 0.4) is 0 Å². The zero-order chi connectivity index (χ0) is 15.7. The normalized spacial score (nSPS) is 10.0. The van der Waals surface area contributed by atoms with Gasteiger partial charge in [-0.2, -0.15) is 0 Å². The van der Waals surface area contributed by atoms with Gasteiger partial charge in [0.15, 0.2) is 0 Å². The van der Waals surface area contributed by atoms with Crippen molar-refractivity contribution in [3.8, 4) is 0 Å². The van der Waals surface area contributed by atoms with E-state index in [9.17, 15) is 9.59 Å². The maximum absolute atomic E-state index is 12.3. The van der Waals surface area contributed by atoms with Gasteiger partial charge in [-0.05, 0) is 31.0 Å². The van der Waals surface area contributed by atoms with Crippen LogP contribution in [0.2, 0.25) is 0 Å². The summed E-state index contributed by atoms with van der Waals surface area (Å²) in [6.45, 7) is 7.14. The van der Waals surface area contributed by atoms with Crippen molar-refractivity contribution in [3.63, 3.8) is 0 Å². The average Bonchev–Trinajstić information content (AvgIpc) is 2.43. The lowest BCUT2D eigenvalue weighted by molar-refractivity contribution is -0.114. The summed E-state index contributed by atoms with van der Waals surface area (Å²) in [5.41, 5.74) is 1.36. The Kier molecular flexibility index (Phi) is 7.29. The van der Waals surface area contributed by atoms with E-state index in [1.54, 1.807) is 18.2 Å². The van der Waals surface area contributed by atoms with E-state index < -0.39 is 0 Å². The van der Waals surface area contributed by atoms with E-state index in [1.807, 2.05) is 11.0 Å². The number of amides is 3. The second-order valence-electron chi connectivity index (χ2n) is 5.03. The van der Waals surface area contributed by atoms with Crippen LogP contribution >= 0.6 is 0 Å². The molecule has 0 aliphatic carbocycles. The van der Waals surface area contributed by atoms with Crippen molar-refractivity contribution in [1.29, 1.82) is 0 Å². The number of urea groups is 1. The molecule has 0 atom stereocenters. The molecule has 21 heavy (non-hydrogen) atoms. The zero-order valence-corrected chi connectivity index (χ0v) is 13.1. The van der Waals surface area contributed by atoms with E-state index in [0.717, 1.165) is 32.4 Å². The first kappa shape index (κ1) is 17.0. The molecule has 0 fully saturated rings. The molecule has 0 bridgehead atoms. The Balaban J connectivity index is 2.68. The minimum atomic E-state index is -0.131. The Morgan fingerprint density at radius 1 is 1.05 bits per heavy atom. The summed E-state index contributed by atoms with van der Waals surface area (Å²) >= 11 is 0. The van der Waals surface area contributed by atoms with Gasteiger partial charge in [-0.1, -0.05) is 26.3 Å². The smallest absolute Gasteiger partial charge is 0.321 e. The third-order valence-electron chi connectivity index (χ3n) is 3.00. The number of carbonyl (C=O) groups is 2. The van der Waals surface area contributed by atoms with Crippen molar-refractivity contribution < 1.29 is 9.59 Å². The second-order valence-corrected chi connectivity index (χ2v) is 5.03. The Morgan fingerprint density at radius 3 is 2.29 bits per heavy atom. The molecule has 0 aliphatic heterocycles. The summed E-state index contributed by atoms with van der Waals surface area (Å²) in [7, 11) is 0. The lowest BCUT2D eigenvalue weighted by Gasteiger charge is -2.22. The molecular formula is C16H25N3O2. The first-order valence-electron chi connectivity index (χ1n) is 7.50. The van der Waals surface area contributed by atoms with Gasteiger partial charge in [0.1, 0.15) is 0 Å². The highest BCUT2D eigenvalue weighted by Gasteiger charge is 2.12. The summed E-state index contributed by atoms with van der Waals surface area (Å²) in [6.07, 6.45) is 2.99. The first-order valence-corrected chi connectivity index (χ1v) is 7.50. The third-order valence-corrected chi connectivity index (χ3v) is 3.00. The van der Waals surface area contributed by atoms with Gasteiger partial charge in [-0.3, -0.25) is 4.79 Å². The van der Waals surface area contributed by atoms with Crippen molar-refractivity contribution in [3.05, 3.63) is 24.3 Å². The quantitative estimate of drug-likeness (QED) is 0.805. The number of anilines is 2. The average molecular weight is 291 g/mol. The lowest BCUT2D eigenvalue weighted by atomic mass is 10.2. The molecule has 0 saturated heterocycles. The van der Waals surface area contributed by atoms with E-state index >= 15 is 0 Å². The standard InChI is InChI=1S/C16H25N3O2/c1-4-6-11-19(10-5-2)16(21)18-15-9-7-8-14(12-15)17-13(3)20/h7-9,12H,4-6,10-11H2,1-3H3,(H,17,20)(H,18,21). The SMILES string of the molecule is CCCCN(CCC)C(=O)Nc1cccc(NC(C)=O)c1. The van der Waals surface area contributed by atoms with Gasteiger partial charge in [0.25, 0.3) is 0 Å². The topological polar surface area (TPSA) is 61.4 Å². The number of carbonyl (C=O) groups excluding carboxylic acids is 2. The fourth-order valence-electron chi connectivity index (χ4n) is 2.01. The van der Waals surface area contributed by atoms with Gasteiger partial charge < -0.3 is 15.5 Å². The van der Waals surface area contributed by atoms with Crippen LogP contribution in [0.25, 0.3) is 0 Å². The lowest BCUT2D eigenvalue weighted by Crippen LogP contribution is -2.36. The summed E-state index contributed by atoms with van der Waals surface area (Å²) < 4.78 is 0. The van der Waals surface area contributed by atoms with E-state index in [0.29, 0.717) is 11.4 Å². The number of unbranched alkanes of at least 4 members (excludes halogenated alkanes) is 1. The minimum absolute atomic E-state index is 0.0923. The van der Waals surface area contributed by atoms with Crippen molar-refractivity contribution in [1.82, 2.24) is 4.90 Å². The zero-order valence-electron chi connectivity index (χ0n) is 13.1. The fourth-order valence-corrected chi connectivity index (χ4v) is 2.01. The maximum atomic E-state index is 12.3. The van der Waals surface area contributed by atoms with Gasteiger partial charge in [0, 0.05) is 31.4 Å². The van der Waals surface area contributed by atoms with Crippen LogP contribution in [0.1, 0.15) is 40.0 Å². The molecule has 1 aromatic rings. The minimum Gasteiger partial charge on any atom is -0.326 e. The van der Waals surface area contributed by atoms with Crippen LogP contribution in [0.15, 0.2) is 24.3 Å². The number of nitrogens with zero attached hydrogens (tertiary/aromatic N) is 1. The summed E-state index contributed by atoms with van der Waals surface area (Å²) in [5, 5.41) is 5.59. The van der Waals surface area contributed by atoms with Crippen molar-refractivity contribution in [2.45, 2.75) is 40.0 Å². The molecule has 0 aliphatic rings. The molecule has 1 aromatic carbocycles. The summed E-state index contributed by atoms with van der Waals surface area (Å²) in [4.78, 5) is 25.1. The Hall–Kier alpha value is -2.04. The predicted molar refractivity (Wildman–Crippen MR) is 86.5 cm³/mol. The number of nitrogens with one attached hydrogen (secondary N) is 2. The number of benzene rings is 1. The number of hydrogen-bond donors (Lipinski definition) is 2. The Morgan fingerprint density at radius 2 is 1.71 bits per heavy atom. The molecule has 0 spiro atoms. The third kappa shape index (κ3) is 6.29. The molecule has 2 N–H and O–H groups in total. The second kappa shape index (κ2) is 9.00. The molecule has 1 rings (SSSR count). The van der Waals surface area contributed by atoms with E-state index in [1.165, 1.54) is 6.92 Å². The molecule has 0 saturated carbocycles. The van der Waals surface area contributed by atoms with Crippen LogP contribution in [0, 0.1) is 0 Å². The van der Waals surface area contributed by atoms with Gasteiger partial charge >= 0.3 is 6.03 Å². The van der Waals surface area contributed by atoms with Crippen LogP contribution in [0.5, 0.6) is 0 Å². The van der Waals surface area contributed by atoms with Gasteiger partial charge in [0.05, 0.1) is 0 Å². The molecule has 3 amide bonds. The highest BCUT2D eigenvalue weighted by atomic mass is 16.2. The largest absolute Gasteiger partial charge is 0.326 e. The highest BCUT2D eigenvalue weighted by molar-refractivity contribution is 5.92. The molecule has 5 heteroatoms. The van der Waals surface area contributed by atoms with Gasteiger partial charge in [0.2, 0.25) is 5.91 Å². The van der Waals surface area contributed by atoms with Crippen molar-refractivity contribution in [2.75, 3.05) is 23.7 Å². The maximum Gasteiger partial charge on any atom is 0.321 e. The number of hydrogen-bond acceptors (Lipinski definition) is 2. The van der Waals surface area contributed by atoms with Crippen molar-refractivity contribution >= 4 is 23.3 Å². The fraction of sp³-hybridized carbons (Fsp3) is 0.500. The molecule has 0 radical (unpaired) electrons. The van der Waals surface area contributed by atoms with E-state index in [4.69, 9.17) is 0 Å². The first-order chi connectivity index (χ1) is 10.1. The Labute approximate surface area is 126 Å². The van der Waals surface area contributed by atoms with Crippen molar-refractivity contribution in [2.24, 2.45) is 0 Å². The molecule has 0 unspecified atom stereocenters. The molecular weight excluding hydrogens is 266 g/mol. The molecule has 5 nitrogen and oxygen atoms in total.